The minimum atomic E-state index is -4.67. The van der Waals surface area contributed by atoms with E-state index in [9.17, 15) is 32.5 Å². The fourth-order valence-electron chi connectivity index (χ4n) is 2.33. The number of hydrogen-bond donors (Lipinski definition) is 2. The van der Waals surface area contributed by atoms with Crippen LogP contribution in [0.25, 0.3) is 0 Å². The molecule has 8 nitrogen and oxygen atoms in total. The van der Waals surface area contributed by atoms with E-state index in [1.54, 1.807) is 0 Å². The summed E-state index contributed by atoms with van der Waals surface area (Å²) >= 11 is 0. The van der Waals surface area contributed by atoms with E-state index in [0.717, 1.165) is 18.2 Å². The molecule has 2 N–H and O–H groups in total. The molecule has 0 spiro atoms. The molecular weight excluding hydrogens is 414 g/mol. The number of ether oxygens (including phenoxy) is 2. The first-order valence-electron chi connectivity index (χ1n) is 8.42. The minimum absolute atomic E-state index is 0.134. The average molecular weight is 431 g/mol. The Balaban J connectivity index is 2.23. The molecule has 0 unspecified atom stereocenters. The summed E-state index contributed by atoms with van der Waals surface area (Å²) in [6, 6.07) is 6.23. The van der Waals surface area contributed by atoms with Crippen molar-refractivity contribution in [3.05, 3.63) is 57.9 Å². The molecule has 0 aliphatic rings. The summed E-state index contributed by atoms with van der Waals surface area (Å²) in [6.07, 6.45) is -4.67. The molecule has 0 aromatic heterocycles. The first kappa shape index (κ1) is 22.9. The van der Waals surface area contributed by atoms with Crippen LogP contribution in [0.4, 0.5) is 34.6 Å². The Bertz CT molecular complexity index is 921. The quantitative estimate of drug-likeness (QED) is 0.269. The number of alkyl halides is 3. The van der Waals surface area contributed by atoms with Crippen LogP contribution in [0.5, 0.6) is 5.75 Å². The maximum absolute atomic E-state index is 13.4. The van der Waals surface area contributed by atoms with Crippen LogP contribution in [0.1, 0.15) is 10.4 Å². The lowest BCUT2D eigenvalue weighted by atomic mass is 10.1. The van der Waals surface area contributed by atoms with Gasteiger partial charge < -0.3 is 20.1 Å². The highest BCUT2D eigenvalue weighted by molar-refractivity contribution is 6.05. The Morgan fingerprint density at radius 1 is 1.17 bits per heavy atom. The molecule has 2 rings (SSSR count). The topological polar surface area (TPSA) is 103 Å². The number of nitrogens with one attached hydrogen (secondary N) is 2. The molecule has 162 valence electrons. The summed E-state index contributed by atoms with van der Waals surface area (Å²) in [5.74, 6) is -2.26. The molecule has 0 bridgehead atoms. The number of hydrogen-bond acceptors (Lipinski definition) is 6. The molecule has 12 heteroatoms. The molecule has 0 atom stereocenters. The molecule has 0 saturated heterocycles. The summed E-state index contributed by atoms with van der Waals surface area (Å²) in [5.41, 5.74) is -0.586. The third-order valence-corrected chi connectivity index (χ3v) is 3.66. The molecule has 0 aliphatic carbocycles. The number of rotatable bonds is 9. The lowest BCUT2D eigenvalue weighted by Crippen LogP contribution is -2.20. The number of carbonyl (C=O) groups is 1. The van der Waals surface area contributed by atoms with Gasteiger partial charge in [0.15, 0.2) is 6.61 Å². The number of anilines is 2. The second kappa shape index (κ2) is 9.87. The molecule has 0 heterocycles. The average Bonchev–Trinajstić information content (AvgIpc) is 2.67. The highest BCUT2D eigenvalue weighted by Crippen LogP contribution is 2.30. The number of nitrogens with zero attached hydrogens (tertiary/aromatic N) is 1. The highest BCUT2D eigenvalue weighted by Gasteiger charge is 2.29. The van der Waals surface area contributed by atoms with Crippen molar-refractivity contribution in [3.8, 4) is 5.75 Å². The van der Waals surface area contributed by atoms with Crippen molar-refractivity contribution >= 4 is 23.0 Å². The van der Waals surface area contributed by atoms with Crippen LogP contribution in [-0.4, -0.2) is 43.9 Å². The van der Waals surface area contributed by atoms with Gasteiger partial charge in [-0.1, -0.05) is 0 Å². The zero-order valence-electron chi connectivity index (χ0n) is 15.6. The maximum atomic E-state index is 13.4. The summed E-state index contributed by atoms with van der Waals surface area (Å²) in [7, 11) is 1.46. The number of carbonyl (C=O) groups excluding carboxylic acids is 1. The number of nitro groups is 1. The monoisotopic (exact) mass is 431 g/mol. The second-order valence-electron chi connectivity index (χ2n) is 5.91. The van der Waals surface area contributed by atoms with Crippen LogP contribution < -0.4 is 15.4 Å². The molecule has 2 aromatic carbocycles. The van der Waals surface area contributed by atoms with Crippen LogP contribution in [0, 0.1) is 15.9 Å². The summed E-state index contributed by atoms with van der Waals surface area (Å²) in [4.78, 5) is 23.1. The Morgan fingerprint density at radius 3 is 2.50 bits per heavy atom. The van der Waals surface area contributed by atoms with E-state index in [1.807, 2.05) is 0 Å². The molecule has 2 aromatic rings. The predicted molar refractivity (Wildman–Crippen MR) is 99.4 cm³/mol. The van der Waals surface area contributed by atoms with Gasteiger partial charge in [0.2, 0.25) is 0 Å². The zero-order valence-corrected chi connectivity index (χ0v) is 15.6. The Hall–Kier alpha value is -3.41. The molecule has 30 heavy (non-hydrogen) atoms. The van der Waals surface area contributed by atoms with Crippen LogP contribution in [0.3, 0.4) is 0 Å². The highest BCUT2D eigenvalue weighted by atomic mass is 19.4. The van der Waals surface area contributed by atoms with Gasteiger partial charge in [0.05, 0.1) is 17.2 Å². The molecule has 0 saturated carbocycles. The standard InChI is InChI=1S/C18H17F4N3O5/c1-29-7-6-23-13-4-2-11(8-15(13)25(27)28)17(26)24-14-5-3-12(19)9-16(14)30-10-18(20,21)22/h2-5,8-9,23H,6-7,10H2,1H3,(H,24,26). The Labute approximate surface area is 167 Å². The van der Waals surface area contributed by atoms with Gasteiger partial charge in [-0.25, -0.2) is 4.39 Å². The lowest BCUT2D eigenvalue weighted by molar-refractivity contribution is -0.384. The van der Waals surface area contributed by atoms with Crippen molar-refractivity contribution < 1.29 is 36.8 Å². The third kappa shape index (κ3) is 6.58. The second-order valence-corrected chi connectivity index (χ2v) is 5.91. The van der Waals surface area contributed by atoms with Crippen LogP contribution in [-0.2, 0) is 4.74 Å². The summed E-state index contributed by atoms with van der Waals surface area (Å²) in [5, 5.41) is 16.4. The van der Waals surface area contributed by atoms with Gasteiger partial charge >= 0.3 is 6.18 Å². The summed E-state index contributed by atoms with van der Waals surface area (Å²) in [6.45, 7) is -1.10. The minimum Gasteiger partial charge on any atom is -0.482 e. The van der Waals surface area contributed by atoms with E-state index in [0.29, 0.717) is 19.2 Å². The normalized spacial score (nSPS) is 11.1. The van der Waals surface area contributed by atoms with E-state index in [-0.39, 0.29) is 22.6 Å². The molecule has 0 fully saturated rings. The molecular formula is C18H17F4N3O5. The maximum Gasteiger partial charge on any atom is 0.422 e. The van der Waals surface area contributed by atoms with Gasteiger partial charge in [-0.2, -0.15) is 13.2 Å². The third-order valence-electron chi connectivity index (χ3n) is 3.66. The number of nitro benzene ring substituents is 1. The fraction of sp³-hybridized carbons (Fsp3) is 0.278. The van der Waals surface area contributed by atoms with Crippen molar-refractivity contribution in [3.63, 3.8) is 0 Å². The van der Waals surface area contributed by atoms with Crippen LogP contribution >= 0.6 is 0 Å². The Morgan fingerprint density at radius 2 is 1.87 bits per heavy atom. The first-order valence-corrected chi connectivity index (χ1v) is 8.42. The van der Waals surface area contributed by atoms with Crippen molar-refractivity contribution in [1.29, 1.82) is 0 Å². The predicted octanol–water partition coefficient (Wildman–Crippen LogP) is 3.99. The van der Waals surface area contributed by atoms with E-state index < -0.39 is 35.2 Å². The summed E-state index contributed by atoms with van der Waals surface area (Å²) < 4.78 is 59.9. The van der Waals surface area contributed by atoms with E-state index in [2.05, 4.69) is 15.4 Å². The first-order chi connectivity index (χ1) is 14.1. The van der Waals surface area contributed by atoms with Gasteiger partial charge in [-0.15, -0.1) is 0 Å². The molecule has 0 radical (unpaired) electrons. The van der Waals surface area contributed by atoms with Crippen molar-refractivity contribution in [2.45, 2.75) is 6.18 Å². The van der Waals surface area contributed by atoms with Crippen molar-refractivity contribution in [2.24, 2.45) is 0 Å². The zero-order chi connectivity index (χ0) is 22.3. The number of halogens is 4. The largest absolute Gasteiger partial charge is 0.482 e. The molecule has 0 aliphatic heterocycles. The van der Waals surface area contributed by atoms with E-state index in [1.165, 1.54) is 19.2 Å². The van der Waals surface area contributed by atoms with Gasteiger partial charge in [0.1, 0.15) is 17.3 Å². The lowest BCUT2D eigenvalue weighted by Gasteiger charge is -2.14. The van der Waals surface area contributed by atoms with Gasteiger partial charge in [-0.05, 0) is 24.3 Å². The van der Waals surface area contributed by atoms with Crippen LogP contribution in [0.15, 0.2) is 36.4 Å². The van der Waals surface area contributed by atoms with Gasteiger partial charge in [0, 0.05) is 31.4 Å². The molecule has 1 amide bonds. The van der Waals surface area contributed by atoms with E-state index >= 15 is 0 Å². The number of amides is 1. The van der Waals surface area contributed by atoms with Crippen molar-refractivity contribution in [1.82, 2.24) is 0 Å². The Kier molecular flexibility index (Phi) is 7.53. The van der Waals surface area contributed by atoms with Gasteiger partial charge in [-0.3, -0.25) is 14.9 Å². The number of methoxy groups -OCH3 is 1. The fourth-order valence-corrected chi connectivity index (χ4v) is 2.33. The van der Waals surface area contributed by atoms with Crippen molar-refractivity contribution in [2.75, 3.05) is 37.5 Å². The van der Waals surface area contributed by atoms with E-state index in [4.69, 9.17) is 4.74 Å². The van der Waals surface area contributed by atoms with Gasteiger partial charge in [0.25, 0.3) is 11.6 Å². The smallest absolute Gasteiger partial charge is 0.422 e. The van der Waals surface area contributed by atoms with Crippen LogP contribution in [0.2, 0.25) is 0 Å². The SMILES string of the molecule is COCCNc1ccc(C(=O)Nc2ccc(F)cc2OCC(F)(F)F)cc1[N+](=O)[O-]. The number of benzene rings is 2.